The molecule has 1 aliphatic heterocycles. The highest BCUT2D eigenvalue weighted by Crippen LogP contribution is 2.27. The van der Waals surface area contributed by atoms with Crippen LogP contribution in [0.3, 0.4) is 0 Å². The van der Waals surface area contributed by atoms with Crippen LogP contribution >= 0.6 is 0 Å². The minimum atomic E-state index is -0.882. The minimum Gasteiger partial charge on any atom is -0.238 e. The second kappa shape index (κ2) is 2.72. The van der Waals surface area contributed by atoms with Crippen molar-refractivity contribution >= 4 is 11.0 Å². The maximum atomic E-state index is 11.4. The standard InChI is InChI=1S/C8H15NOS/c1-7-5-8(2,3)6-9(4)11(7)10/h5H,6H2,1-4H3. The van der Waals surface area contributed by atoms with Gasteiger partial charge in [0.1, 0.15) is 11.0 Å². The smallest absolute Gasteiger partial charge is 0.122 e. The molecule has 0 amide bonds. The van der Waals surface area contributed by atoms with Crippen LogP contribution in [0.25, 0.3) is 0 Å². The van der Waals surface area contributed by atoms with E-state index in [0.717, 1.165) is 11.4 Å². The summed E-state index contributed by atoms with van der Waals surface area (Å²) < 4.78 is 13.3. The molecule has 11 heavy (non-hydrogen) atoms. The second-order valence-electron chi connectivity index (χ2n) is 3.78. The molecule has 1 heterocycles. The molecule has 0 saturated carbocycles. The quantitative estimate of drug-likeness (QED) is 0.544. The van der Waals surface area contributed by atoms with Gasteiger partial charge in [-0.1, -0.05) is 19.9 Å². The van der Waals surface area contributed by atoms with Gasteiger partial charge in [0.05, 0.1) is 0 Å². The van der Waals surface area contributed by atoms with Gasteiger partial charge in [-0.2, -0.15) is 0 Å². The molecule has 0 fully saturated rings. The predicted octanol–water partition coefficient (Wildman–Crippen LogP) is 1.53. The van der Waals surface area contributed by atoms with Crippen molar-refractivity contribution in [2.45, 2.75) is 20.8 Å². The Hall–Kier alpha value is -0.150. The first-order chi connectivity index (χ1) is 4.92. The zero-order chi connectivity index (χ0) is 8.65. The summed E-state index contributed by atoms with van der Waals surface area (Å²) in [4.78, 5) is 0.976. The van der Waals surface area contributed by atoms with Gasteiger partial charge in [-0.15, -0.1) is 0 Å². The molecule has 1 unspecified atom stereocenters. The van der Waals surface area contributed by atoms with Crippen LogP contribution in [0.4, 0.5) is 0 Å². The Bertz CT molecular complexity index is 220. The molecule has 0 aromatic carbocycles. The summed E-state index contributed by atoms with van der Waals surface area (Å²) in [6.07, 6.45) is 2.10. The van der Waals surface area contributed by atoms with E-state index >= 15 is 0 Å². The molecule has 1 atom stereocenters. The third-order valence-electron chi connectivity index (χ3n) is 1.78. The number of allylic oxidation sites excluding steroid dienone is 1. The summed E-state index contributed by atoms with van der Waals surface area (Å²) in [6.45, 7) is 7.11. The van der Waals surface area contributed by atoms with Crippen molar-refractivity contribution in [3.8, 4) is 0 Å². The zero-order valence-corrected chi connectivity index (χ0v) is 8.36. The summed E-state index contributed by atoms with van der Waals surface area (Å²) in [7, 11) is 1.02. The van der Waals surface area contributed by atoms with Crippen LogP contribution in [-0.2, 0) is 11.0 Å². The largest absolute Gasteiger partial charge is 0.238 e. The Morgan fingerprint density at radius 2 is 2.18 bits per heavy atom. The van der Waals surface area contributed by atoms with E-state index in [0.29, 0.717) is 0 Å². The second-order valence-corrected chi connectivity index (χ2v) is 5.54. The summed E-state index contributed by atoms with van der Waals surface area (Å²) >= 11 is 0. The molecule has 1 rings (SSSR count). The van der Waals surface area contributed by atoms with Crippen molar-refractivity contribution in [1.29, 1.82) is 0 Å². The maximum absolute atomic E-state index is 11.4. The first-order valence-electron chi connectivity index (χ1n) is 3.75. The van der Waals surface area contributed by atoms with Gasteiger partial charge in [0, 0.05) is 18.5 Å². The van der Waals surface area contributed by atoms with Crippen LogP contribution in [0.1, 0.15) is 20.8 Å². The van der Waals surface area contributed by atoms with Crippen LogP contribution in [0.5, 0.6) is 0 Å². The lowest BCUT2D eigenvalue weighted by molar-refractivity contribution is 0.353. The van der Waals surface area contributed by atoms with E-state index in [-0.39, 0.29) is 5.41 Å². The van der Waals surface area contributed by atoms with E-state index < -0.39 is 11.0 Å². The number of hydrogen-bond acceptors (Lipinski definition) is 1. The van der Waals surface area contributed by atoms with Crippen molar-refractivity contribution < 1.29 is 4.21 Å². The summed E-state index contributed by atoms with van der Waals surface area (Å²) in [5, 5.41) is 0. The first-order valence-corrected chi connectivity index (χ1v) is 4.85. The van der Waals surface area contributed by atoms with Gasteiger partial charge >= 0.3 is 0 Å². The van der Waals surface area contributed by atoms with Gasteiger partial charge in [-0.05, 0) is 12.3 Å². The van der Waals surface area contributed by atoms with Crippen LogP contribution in [-0.4, -0.2) is 22.1 Å². The molecule has 0 bridgehead atoms. The Morgan fingerprint density at radius 3 is 2.64 bits per heavy atom. The monoisotopic (exact) mass is 173 g/mol. The topological polar surface area (TPSA) is 20.3 Å². The fourth-order valence-electron chi connectivity index (χ4n) is 1.52. The summed E-state index contributed by atoms with van der Waals surface area (Å²) in [6, 6.07) is 0. The van der Waals surface area contributed by atoms with Crippen molar-refractivity contribution in [2.75, 3.05) is 13.6 Å². The zero-order valence-electron chi connectivity index (χ0n) is 7.55. The molecular weight excluding hydrogens is 158 g/mol. The maximum Gasteiger partial charge on any atom is 0.122 e. The lowest BCUT2D eigenvalue weighted by atomic mass is 9.93. The van der Waals surface area contributed by atoms with Gasteiger partial charge in [-0.25, -0.2) is 8.51 Å². The fraction of sp³-hybridized carbons (Fsp3) is 0.750. The Labute approximate surface area is 70.9 Å². The molecule has 0 aromatic rings. The van der Waals surface area contributed by atoms with Crippen LogP contribution < -0.4 is 0 Å². The normalized spacial score (nSPS) is 31.6. The summed E-state index contributed by atoms with van der Waals surface area (Å²) in [5.74, 6) is 0. The van der Waals surface area contributed by atoms with Crippen molar-refractivity contribution in [3.05, 3.63) is 11.0 Å². The SMILES string of the molecule is CC1=CC(C)(C)CN(C)S1=O. The molecule has 3 heteroatoms. The first kappa shape index (κ1) is 8.94. The molecule has 0 aromatic heterocycles. The van der Waals surface area contributed by atoms with Crippen LogP contribution in [0.2, 0.25) is 0 Å². The molecule has 0 saturated heterocycles. The number of nitrogens with zero attached hydrogens (tertiary/aromatic N) is 1. The van der Waals surface area contributed by atoms with E-state index in [1.165, 1.54) is 0 Å². The molecule has 2 nitrogen and oxygen atoms in total. The summed E-state index contributed by atoms with van der Waals surface area (Å²) in [5.41, 5.74) is 0.173. The highest BCUT2D eigenvalue weighted by atomic mass is 32.2. The Kier molecular flexibility index (Phi) is 2.21. The van der Waals surface area contributed by atoms with Crippen LogP contribution in [0, 0.1) is 5.41 Å². The minimum absolute atomic E-state index is 0.173. The van der Waals surface area contributed by atoms with Crippen molar-refractivity contribution in [2.24, 2.45) is 5.41 Å². The predicted molar refractivity (Wildman–Crippen MR) is 48.3 cm³/mol. The van der Waals surface area contributed by atoms with Crippen LogP contribution in [0.15, 0.2) is 11.0 Å². The average Bonchev–Trinajstić information content (AvgIpc) is 1.81. The highest BCUT2D eigenvalue weighted by molar-refractivity contribution is 7.86. The molecule has 0 aliphatic carbocycles. The average molecular weight is 173 g/mol. The van der Waals surface area contributed by atoms with E-state index in [1.807, 2.05) is 18.3 Å². The van der Waals surface area contributed by atoms with E-state index in [1.54, 1.807) is 0 Å². The lowest BCUT2D eigenvalue weighted by Gasteiger charge is -2.32. The van der Waals surface area contributed by atoms with Crippen molar-refractivity contribution in [3.63, 3.8) is 0 Å². The number of rotatable bonds is 0. The Morgan fingerprint density at radius 1 is 1.64 bits per heavy atom. The van der Waals surface area contributed by atoms with Gasteiger partial charge in [0.15, 0.2) is 0 Å². The molecule has 0 N–H and O–H groups in total. The highest BCUT2D eigenvalue weighted by Gasteiger charge is 2.26. The molecule has 0 radical (unpaired) electrons. The van der Waals surface area contributed by atoms with Gasteiger partial charge < -0.3 is 0 Å². The van der Waals surface area contributed by atoms with E-state index in [4.69, 9.17) is 0 Å². The molecule has 64 valence electrons. The Balaban J connectivity index is 2.94. The molecule has 0 spiro atoms. The third-order valence-corrected chi connectivity index (χ3v) is 3.15. The molecular formula is C8H15NOS. The third kappa shape index (κ3) is 1.91. The van der Waals surface area contributed by atoms with Crippen molar-refractivity contribution in [1.82, 2.24) is 4.31 Å². The van der Waals surface area contributed by atoms with Gasteiger partial charge in [-0.3, -0.25) is 0 Å². The lowest BCUT2D eigenvalue weighted by Crippen LogP contribution is -2.36. The molecule has 1 aliphatic rings. The number of hydrogen-bond donors (Lipinski definition) is 0. The van der Waals surface area contributed by atoms with E-state index in [2.05, 4.69) is 19.9 Å². The fourth-order valence-corrected chi connectivity index (χ4v) is 2.89. The van der Waals surface area contributed by atoms with E-state index in [9.17, 15) is 4.21 Å². The van der Waals surface area contributed by atoms with Gasteiger partial charge in [0.2, 0.25) is 0 Å². The van der Waals surface area contributed by atoms with Gasteiger partial charge in [0.25, 0.3) is 0 Å².